The fourth-order valence-corrected chi connectivity index (χ4v) is 2.08. The minimum Gasteiger partial charge on any atom is -0.480 e. The second-order valence-electron chi connectivity index (χ2n) is 5.66. The molecule has 0 aliphatic heterocycles. The normalized spacial score (nSPS) is 12.5. The van der Waals surface area contributed by atoms with Gasteiger partial charge in [0, 0.05) is 4.47 Å². The number of carbonyl (C=O) groups is 2. The molecular weight excluding hydrogens is 354 g/mol. The van der Waals surface area contributed by atoms with E-state index >= 15 is 0 Å². The van der Waals surface area contributed by atoms with Gasteiger partial charge in [0.2, 0.25) is 0 Å². The van der Waals surface area contributed by atoms with E-state index in [0.717, 1.165) is 10.0 Å². The number of hydrogen-bond acceptors (Lipinski definition) is 4. The minimum atomic E-state index is -1.06. The van der Waals surface area contributed by atoms with Gasteiger partial charge in [0.15, 0.2) is 0 Å². The number of benzene rings is 1. The number of hydrogen-bond donors (Lipinski definition) is 2. The van der Waals surface area contributed by atoms with E-state index in [9.17, 15) is 9.59 Å². The molecule has 6 nitrogen and oxygen atoms in total. The number of nitrogens with one attached hydrogen (secondary N) is 1. The quantitative estimate of drug-likeness (QED) is 0.799. The molecule has 1 atom stereocenters. The lowest BCUT2D eigenvalue weighted by atomic mass is 10.1. The number of rotatable bonds is 6. The smallest absolute Gasteiger partial charge is 0.408 e. The molecule has 0 heterocycles. The Bertz CT molecular complexity index is 527. The molecule has 122 valence electrons. The molecule has 0 saturated carbocycles. The Morgan fingerprint density at radius 1 is 1.36 bits per heavy atom. The summed E-state index contributed by atoms with van der Waals surface area (Å²) < 4.78 is 11.2. The third kappa shape index (κ3) is 7.42. The van der Waals surface area contributed by atoms with Crippen LogP contribution in [0, 0.1) is 0 Å². The summed E-state index contributed by atoms with van der Waals surface area (Å²) in [5, 5.41) is 11.3. The number of alkyl carbamates (subject to hydrolysis) is 1. The van der Waals surface area contributed by atoms with E-state index in [1.54, 1.807) is 20.8 Å². The van der Waals surface area contributed by atoms with Crippen molar-refractivity contribution in [1.29, 1.82) is 0 Å². The van der Waals surface area contributed by atoms with Crippen molar-refractivity contribution in [2.45, 2.75) is 32.4 Å². The summed E-state index contributed by atoms with van der Waals surface area (Å²) in [6.07, 6.45) is -0.587. The zero-order valence-electron chi connectivity index (χ0n) is 12.8. The van der Waals surface area contributed by atoms with Crippen LogP contribution in [0.25, 0.3) is 0 Å². The summed E-state index contributed by atoms with van der Waals surface area (Å²) in [6.45, 7) is 4.90. The van der Waals surface area contributed by atoms with Crippen molar-refractivity contribution in [2.24, 2.45) is 0 Å². The summed E-state index contributed by atoms with van der Waals surface area (Å²) in [4.78, 5) is 22.4. The maximum Gasteiger partial charge on any atom is 0.408 e. The number of carbonyl (C=O) groups excluding carboxylic acids is 1. The van der Waals surface area contributed by atoms with Gasteiger partial charge >= 0.3 is 12.1 Å². The van der Waals surface area contributed by atoms with Crippen LogP contribution in [0.1, 0.15) is 32.4 Å². The van der Waals surface area contributed by atoms with Gasteiger partial charge in [-0.3, -0.25) is 0 Å². The largest absolute Gasteiger partial charge is 0.480 e. The highest BCUT2D eigenvalue weighted by atomic mass is 79.9. The van der Waals surface area contributed by atoms with Crippen LogP contribution in [0.5, 0.6) is 0 Å². The predicted octanol–water partition coefficient (Wildman–Crippen LogP) is 3.12. The first-order chi connectivity index (χ1) is 10.2. The van der Waals surface area contributed by atoms with Crippen LogP contribution in [-0.2, 0) is 14.3 Å². The lowest BCUT2D eigenvalue weighted by Gasteiger charge is -2.24. The van der Waals surface area contributed by atoms with Crippen molar-refractivity contribution in [1.82, 2.24) is 5.32 Å². The van der Waals surface area contributed by atoms with Gasteiger partial charge in [-0.2, -0.15) is 0 Å². The molecule has 0 bridgehead atoms. The molecule has 1 rings (SSSR count). The molecule has 1 amide bonds. The molecule has 0 aliphatic rings. The molecule has 0 radical (unpaired) electrons. The molecule has 0 aromatic heterocycles. The third-order valence-corrected chi connectivity index (χ3v) is 2.95. The number of carboxylic acids is 1. The van der Waals surface area contributed by atoms with Crippen molar-refractivity contribution in [3.8, 4) is 0 Å². The molecule has 0 spiro atoms. The van der Waals surface area contributed by atoms with Crippen molar-refractivity contribution in [3.63, 3.8) is 0 Å². The molecular formula is C15H20BrNO5. The standard InChI is InChI=1S/C15H20BrNO5/c1-15(2,3)22-14(20)17-12(8-21-9-13(18)19)10-5-4-6-11(16)7-10/h4-7,12H,8-9H2,1-3H3,(H,17,20)(H,18,19)/t12-/m0/s1. The minimum absolute atomic E-state index is 0.0298. The number of halogens is 1. The molecule has 22 heavy (non-hydrogen) atoms. The highest BCUT2D eigenvalue weighted by Gasteiger charge is 2.21. The highest BCUT2D eigenvalue weighted by Crippen LogP contribution is 2.19. The topological polar surface area (TPSA) is 84.9 Å². The Labute approximate surface area is 137 Å². The fourth-order valence-electron chi connectivity index (χ4n) is 1.66. The van der Waals surface area contributed by atoms with Crippen LogP contribution < -0.4 is 5.32 Å². The predicted molar refractivity (Wildman–Crippen MR) is 84.7 cm³/mol. The summed E-state index contributed by atoms with van der Waals surface area (Å²) in [5.41, 5.74) is 0.166. The first kappa shape index (κ1) is 18.4. The first-order valence-corrected chi connectivity index (χ1v) is 7.51. The van der Waals surface area contributed by atoms with Crippen LogP contribution in [0.2, 0.25) is 0 Å². The summed E-state index contributed by atoms with van der Waals surface area (Å²) in [5.74, 6) is -1.06. The SMILES string of the molecule is CC(C)(C)OC(=O)N[C@@H](COCC(=O)O)c1cccc(Br)c1. The molecule has 2 N–H and O–H groups in total. The third-order valence-electron chi connectivity index (χ3n) is 2.45. The maximum atomic E-state index is 11.9. The van der Waals surface area contributed by atoms with Gasteiger partial charge in [0.25, 0.3) is 0 Å². The van der Waals surface area contributed by atoms with Crippen LogP contribution >= 0.6 is 15.9 Å². The van der Waals surface area contributed by atoms with E-state index < -0.39 is 30.3 Å². The molecule has 0 aliphatic carbocycles. The molecule has 1 aromatic carbocycles. The molecule has 1 aromatic rings. The Morgan fingerprint density at radius 3 is 2.59 bits per heavy atom. The second-order valence-corrected chi connectivity index (χ2v) is 6.58. The van der Waals surface area contributed by atoms with E-state index in [1.807, 2.05) is 24.3 Å². The van der Waals surface area contributed by atoms with Crippen LogP contribution in [0.4, 0.5) is 4.79 Å². The van der Waals surface area contributed by atoms with Crippen LogP contribution in [0.15, 0.2) is 28.7 Å². The Hall–Kier alpha value is -1.60. The van der Waals surface area contributed by atoms with Gasteiger partial charge in [-0.05, 0) is 38.5 Å². The summed E-state index contributed by atoms with van der Waals surface area (Å²) in [6, 6.07) is 6.81. The van der Waals surface area contributed by atoms with Crippen molar-refractivity contribution in [2.75, 3.05) is 13.2 Å². The summed E-state index contributed by atoms with van der Waals surface area (Å²) in [7, 11) is 0. The molecule has 0 saturated heterocycles. The van der Waals surface area contributed by atoms with Gasteiger partial charge in [-0.15, -0.1) is 0 Å². The summed E-state index contributed by atoms with van der Waals surface area (Å²) >= 11 is 3.36. The van der Waals surface area contributed by atoms with Crippen LogP contribution in [0.3, 0.4) is 0 Å². The van der Waals surface area contributed by atoms with Gasteiger partial charge in [-0.25, -0.2) is 9.59 Å². The highest BCUT2D eigenvalue weighted by molar-refractivity contribution is 9.10. The number of ether oxygens (including phenoxy) is 2. The Balaban J connectivity index is 2.77. The van der Waals surface area contributed by atoms with Crippen molar-refractivity contribution in [3.05, 3.63) is 34.3 Å². The van der Waals surface area contributed by atoms with Gasteiger partial charge in [-0.1, -0.05) is 28.1 Å². The number of aliphatic carboxylic acids is 1. The first-order valence-electron chi connectivity index (χ1n) is 6.72. The monoisotopic (exact) mass is 373 g/mol. The van der Waals surface area contributed by atoms with Gasteiger partial charge < -0.3 is 19.9 Å². The van der Waals surface area contributed by atoms with E-state index in [0.29, 0.717) is 0 Å². The van der Waals surface area contributed by atoms with E-state index in [4.69, 9.17) is 14.6 Å². The number of carboxylic acid groups (broad SMARTS) is 1. The maximum absolute atomic E-state index is 11.9. The average Bonchev–Trinajstić information content (AvgIpc) is 2.35. The average molecular weight is 374 g/mol. The number of amides is 1. The van der Waals surface area contributed by atoms with E-state index in [1.165, 1.54) is 0 Å². The van der Waals surface area contributed by atoms with Crippen molar-refractivity contribution >= 4 is 28.0 Å². The molecule has 0 fully saturated rings. The van der Waals surface area contributed by atoms with Gasteiger partial charge in [0.05, 0.1) is 12.6 Å². The lowest BCUT2D eigenvalue weighted by Crippen LogP contribution is -2.37. The molecule has 0 unspecified atom stereocenters. The second kappa shape index (κ2) is 8.14. The zero-order chi connectivity index (χ0) is 16.8. The lowest BCUT2D eigenvalue weighted by molar-refractivity contribution is -0.142. The van der Waals surface area contributed by atoms with E-state index in [2.05, 4.69) is 21.2 Å². The zero-order valence-corrected chi connectivity index (χ0v) is 14.3. The van der Waals surface area contributed by atoms with Crippen molar-refractivity contribution < 1.29 is 24.2 Å². The Kier molecular flexibility index (Phi) is 6.83. The van der Waals surface area contributed by atoms with Gasteiger partial charge in [0.1, 0.15) is 12.2 Å². The Morgan fingerprint density at radius 2 is 2.05 bits per heavy atom. The fraction of sp³-hybridized carbons (Fsp3) is 0.467. The van der Waals surface area contributed by atoms with Crippen LogP contribution in [-0.4, -0.2) is 36.0 Å². The van der Waals surface area contributed by atoms with E-state index in [-0.39, 0.29) is 6.61 Å². The molecule has 7 heteroatoms.